The van der Waals surface area contributed by atoms with E-state index in [-0.39, 0.29) is 6.04 Å². The van der Waals surface area contributed by atoms with Gasteiger partial charge in [0.15, 0.2) is 4.80 Å². The monoisotopic (exact) mass is 573 g/mol. The minimum Gasteiger partial charge on any atom is -0.492 e. The number of thiazole rings is 1. The first-order valence-electron chi connectivity index (χ1n) is 12.9. The van der Waals surface area contributed by atoms with Crippen LogP contribution >= 0.6 is 22.9 Å². The highest BCUT2D eigenvalue weighted by Gasteiger charge is 2.35. The van der Waals surface area contributed by atoms with E-state index in [0.717, 1.165) is 38.4 Å². The van der Waals surface area contributed by atoms with Crippen LogP contribution in [0, 0.1) is 12.3 Å². The minimum absolute atomic E-state index is 0.388. The van der Waals surface area contributed by atoms with Gasteiger partial charge in [0.05, 0.1) is 6.54 Å². The standard InChI is InChI=1S/C30H28ClN5O3S/c1-18-17-35(29(33)40-18)14-15-38-22-7-2-19(3-8-22)28-27-24(25-16-20(31)4-11-26(25)34-27)12-13-36(28)30(37)39-23-9-5-21(32)6-10-23/h2-11,16-17,28,33-34H,12-15,32H2,1H3. The molecular formula is C30H28ClN5O3S. The van der Waals surface area contributed by atoms with Crippen molar-refractivity contribution in [3.8, 4) is 11.5 Å². The van der Waals surface area contributed by atoms with Gasteiger partial charge in [0.1, 0.15) is 24.1 Å². The average molecular weight is 574 g/mol. The Kier molecular flexibility index (Phi) is 7.00. The second-order valence-corrected chi connectivity index (χ2v) is 11.4. The van der Waals surface area contributed by atoms with Gasteiger partial charge >= 0.3 is 6.09 Å². The normalized spacial score (nSPS) is 14.8. The van der Waals surface area contributed by atoms with Crippen LogP contribution < -0.4 is 20.0 Å². The third kappa shape index (κ3) is 5.17. The number of amides is 1. The maximum atomic E-state index is 13.5. The summed E-state index contributed by atoms with van der Waals surface area (Å²) in [6, 6.07) is 20.0. The number of nitrogen functional groups attached to an aromatic ring is 1. The van der Waals surface area contributed by atoms with Gasteiger partial charge < -0.3 is 24.8 Å². The van der Waals surface area contributed by atoms with E-state index in [9.17, 15) is 4.79 Å². The summed E-state index contributed by atoms with van der Waals surface area (Å²) in [4.78, 5) is 20.4. The molecule has 0 fully saturated rings. The second-order valence-electron chi connectivity index (χ2n) is 9.75. The Morgan fingerprint density at radius 1 is 1.12 bits per heavy atom. The first-order valence-corrected chi connectivity index (χ1v) is 14.1. The number of halogens is 1. The molecule has 8 nitrogen and oxygen atoms in total. The first-order chi connectivity index (χ1) is 19.4. The number of carbonyl (C=O) groups is 1. The molecule has 0 bridgehead atoms. The van der Waals surface area contributed by atoms with Gasteiger partial charge in [-0.1, -0.05) is 23.7 Å². The molecule has 0 aliphatic carbocycles. The fourth-order valence-electron chi connectivity index (χ4n) is 5.19. The molecule has 3 aromatic carbocycles. The van der Waals surface area contributed by atoms with Crippen molar-refractivity contribution in [3.63, 3.8) is 0 Å². The molecule has 6 rings (SSSR count). The van der Waals surface area contributed by atoms with Crippen molar-refractivity contribution < 1.29 is 14.3 Å². The number of aromatic nitrogens is 2. The van der Waals surface area contributed by atoms with Gasteiger partial charge in [-0.25, -0.2) is 4.79 Å². The van der Waals surface area contributed by atoms with Crippen LogP contribution in [0.3, 0.4) is 0 Å². The zero-order valence-electron chi connectivity index (χ0n) is 21.8. The van der Waals surface area contributed by atoms with E-state index < -0.39 is 6.09 Å². The molecule has 1 aliphatic heterocycles. The number of aryl methyl sites for hydroxylation is 1. The van der Waals surface area contributed by atoms with Crippen molar-refractivity contribution in [2.24, 2.45) is 0 Å². The Labute approximate surface area is 240 Å². The van der Waals surface area contributed by atoms with Gasteiger partial charge in [-0.2, -0.15) is 0 Å². The molecule has 2 aromatic heterocycles. The summed E-state index contributed by atoms with van der Waals surface area (Å²) in [7, 11) is 0. The van der Waals surface area contributed by atoms with Crippen molar-refractivity contribution in [1.82, 2.24) is 14.5 Å². The van der Waals surface area contributed by atoms with E-state index in [0.29, 0.717) is 47.4 Å². The third-order valence-electron chi connectivity index (χ3n) is 7.06. The molecule has 40 heavy (non-hydrogen) atoms. The number of nitrogens with zero attached hydrogens (tertiary/aromatic N) is 2. The van der Waals surface area contributed by atoms with Crippen molar-refractivity contribution in [3.05, 3.63) is 104 Å². The Morgan fingerprint density at radius 2 is 1.88 bits per heavy atom. The number of hydrogen-bond donors (Lipinski definition) is 3. The molecule has 204 valence electrons. The minimum atomic E-state index is -0.438. The molecule has 1 unspecified atom stereocenters. The summed E-state index contributed by atoms with van der Waals surface area (Å²) in [5, 5.41) is 9.76. The molecule has 10 heteroatoms. The van der Waals surface area contributed by atoms with Crippen molar-refractivity contribution in [2.75, 3.05) is 18.9 Å². The second kappa shape index (κ2) is 10.7. The van der Waals surface area contributed by atoms with Gasteiger partial charge in [0, 0.05) is 44.9 Å². The number of fused-ring (bicyclic) bond motifs is 3. The zero-order chi connectivity index (χ0) is 27.8. The lowest BCUT2D eigenvalue weighted by molar-refractivity contribution is 0.135. The van der Waals surface area contributed by atoms with E-state index in [1.165, 1.54) is 11.3 Å². The van der Waals surface area contributed by atoms with Crippen LogP contribution in [0.5, 0.6) is 11.5 Å². The highest BCUT2D eigenvalue weighted by molar-refractivity contribution is 7.09. The summed E-state index contributed by atoms with van der Waals surface area (Å²) in [5.41, 5.74) is 10.4. The van der Waals surface area contributed by atoms with Crippen LogP contribution in [0.15, 0.2) is 72.9 Å². The predicted octanol–water partition coefficient (Wildman–Crippen LogP) is 6.28. The molecule has 1 amide bonds. The maximum absolute atomic E-state index is 13.5. The topological polar surface area (TPSA) is 109 Å². The van der Waals surface area contributed by atoms with E-state index in [1.54, 1.807) is 29.2 Å². The first kappa shape index (κ1) is 26.0. The molecular weight excluding hydrogens is 546 g/mol. The van der Waals surface area contributed by atoms with E-state index in [2.05, 4.69) is 4.98 Å². The molecule has 4 N–H and O–H groups in total. The maximum Gasteiger partial charge on any atom is 0.416 e. The third-order valence-corrected chi connectivity index (χ3v) is 8.15. The van der Waals surface area contributed by atoms with Gasteiger partial charge in [0.2, 0.25) is 0 Å². The van der Waals surface area contributed by atoms with Crippen molar-refractivity contribution in [2.45, 2.75) is 25.9 Å². The number of benzene rings is 3. The number of nitrogens with one attached hydrogen (secondary N) is 2. The van der Waals surface area contributed by atoms with E-state index >= 15 is 0 Å². The van der Waals surface area contributed by atoms with Gasteiger partial charge in [0.25, 0.3) is 0 Å². The SMILES string of the molecule is Cc1cn(CCOc2ccc(C3c4[nH]c5ccc(Cl)cc5c4CCN3C(=O)Oc3ccc(N)cc3)cc2)c(=N)s1. The smallest absolute Gasteiger partial charge is 0.416 e. The highest BCUT2D eigenvalue weighted by atomic mass is 35.5. The Hall–Kier alpha value is -4.21. The number of hydrogen-bond acceptors (Lipinski definition) is 6. The Morgan fingerprint density at radius 3 is 2.60 bits per heavy atom. The largest absolute Gasteiger partial charge is 0.492 e. The van der Waals surface area contributed by atoms with Crippen molar-refractivity contribution in [1.29, 1.82) is 5.41 Å². The molecule has 1 aliphatic rings. The summed E-state index contributed by atoms with van der Waals surface area (Å²) in [6.07, 6.45) is 2.19. The Bertz CT molecular complexity index is 1740. The quantitative estimate of drug-likeness (QED) is 0.208. The lowest BCUT2D eigenvalue weighted by Gasteiger charge is -2.35. The summed E-state index contributed by atoms with van der Waals surface area (Å²) < 4.78 is 13.6. The van der Waals surface area contributed by atoms with E-state index in [1.807, 2.05) is 60.2 Å². The lowest BCUT2D eigenvalue weighted by Crippen LogP contribution is -2.42. The average Bonchev–Trinajstić information content (AvgIpc) is 3.47. The van der Waals surface area contributed by atoms with Crippen LogP contribution in [0.2, 0.25) is 5.02 Å². The Balaban J connectivity index is 1.28. The fraction of sp³-hybridized carbons (Fsp3) is 0.200. The number of anilines is 1. The van der Waals surface area contributed by atoms with Gasteiger partial charge in [-0.3, -0.25) is 10.3 Å². The number of rotatable bonds is 6. The summed E-state index contributed by atoms with van der Waals surface area (Å²) in [5.74, 6) is 1.16. The van der Waals surface area contributed by atoms with Gasteiger partial charge in [-0.15, -0.1) is 11.3 Å². The van der Waals surface area contributed by atoms with Crippen LogP contribution in [0.25, 0.3) is 10.9 Å². The number of aromatic amines is 1. The summed E-state index contributed by atoms with van der Waals surface area (Å²) in [6.45, 7) is 3.52. The lowest BCUT2D eigenvalue weighted by atomic mass is 9.92. The van der Waals surface area contributed by atoms with E-state index in [4.69, 9.17) is 32.2 Å². The molecule has 0 saturated heterocycles. The predicted molar refractivity (Wildman–Crippen MR) is 157 cm³/mol. The molecule has 1 atom stereocenters. The van der Waals surface area contributed by atoms with Crippen LogP contribution in [-0.4, -0.2) is 33.7 Å². The number of carbonyl (C=O) groups excluding carboxylic acids is 1. The number of nitrogens with two attached hydrogens (primary N) is 1. The fourth-order valence-corrected chi connectivity index (χ4v) is 6.11. The highest BCUT2D eigenvalue weighted by Crippen LogP contribution is 2.40. The molecule has 5 aromatic rings. The molecule has 3 heterocycles. The summed E-state index contributed by atoms with van der Waals surface area (Å²) >= 11 is 7.78. The van der Waals surface area contributed by atoms with Crippen LogP contribution in [0.4, 0.5) is 10.5 Å². The van der Waals surface area contributed by atoms with Gasteiger partial charge in [-0.05, 0) is 79.1 Å². The van der Waals surface area contributed by atoms with Crippen LogP contribution in [-0.2, 0) is 13.0 Å². The number of ether oxygens (including phenoxy) is 2. The molecule has 0 saturated carbocycles. The van der Waals surface area contributed by atoms with Crippen molar-refractivity contribution >= 4 is 45.6 Å². The zero-order valence-corrected chi connectivity index (χ0v) is 23.4. The molecule has 0 spiro atoms. The number of H-pyrrole nitrogens is 1. The molecule has 0 radical (unpaired) electrons. The van der Waals surface area contributed by atoms with Crippen LogP contribution in [0.1, 0.15) is 27.7 Å².